The average molecular weight is 240 g/mol. The molecule has 2 aromatic rings. The SMILES string of the molecule is COc1cc(Sc2ncco2)c(N)cc1F. The number of methoxy groups -OCH3 is 1. The maximum atomic E-state index is 13.3. The Hall–Kier alpha value is -1.69. The van der Waals surface area contributed by atoms with Crippen LogP contribution in [0.4, 0.5) is 10.1 Å². The normalized spacial score (nSPS) is 10.4. The summed E-state index contributed by atoms with van der Waals surface area (Å²) in [6.45, 7) is 0. The van der Waals surface area contributed by atoms with Gasteiger partial charge in [-0.15, -0.1) is 0 Å². The molecule has 0 spiro atoms. The fraction of sp³-hybridized carbons (Fsp3) is 0.100. The minimum atomic E-state index is -0.489. The van der Waals surface area contributed by atoms with E-state index in [9.17, 15) is 4.39 Å². The first-order valence-corrected chi connectivity index (χ1v) is 5.22. The van der Waals surface area contributed by atoms with Gasteiger partial charge in [0.25, 0.3) is 5.22 Å². The molecule has 16 heavy (non-hydrogen) atoms. The number of rotatable bonds is 3. The molecule has 0 atom stereocenters. The van der Waals surface area contributed by atoms with Crippen molar-refractivity contribution in [1.29, 1.82) is 0 Å². The summed E-state index contributed by atoms with van der Waals surface area (Å²) < 4.78 is 23.2. The minimum absolute atomic E-state index is 0.142. The summed E-state index contributed by atoms with van der Waals surface area (Å²) >= 11 is 1.21. The molecule has 0 bridgehead atoms. The van der Waals surface area contributed by atoms with E-state index < -0.39 is 5.82 Å². The third kappa shape index (κ3) is 2.11. The first kappa shape index (κ1) is 10.8. The number of hydrogen-bond acceptors (Lipinski definition) is 5. The summed E-state index contributed by atoms with van der Waals surface area (Å²) in [5.41, 5.74) is 6.00. The molecule has 0 fully saturated rings. The van der Waals surface area contributed by atoms with Gasteiger partial charge in [0.2, 0.25) is 0 Å². The maximum Gasteiger partial charge on any atom is 0.260 e. The third-order valence-electron chi connectivity index (χ3n) is 1.89. The number of nitrogen functional groups attached to an aromatic ring is 1. The second-order valence-electron chi connectivity index (χ2n) is 2.92. The van der Waals surface area contributed by atoms with Crippen LogP contribution in [0.2, 0.25) is 0 Å². The second kappa shape index (κ2) is 4.44. The Balaban J connectivity index is 2.33. The van der Waals surface area contributed by atoms with Gasteiger partial charge in [-0.3, -0.25) is 0 Å². The maximum absolute atomic E-state index is 13.3. The van der Waals surface area contributed by atoms with Gasteiger partial charge in [-0.2, -0.15) is 0 Å². The molecule has 0 aliphatic heterocycles. The van der Waals surface area contributed by atoms with Crippen LogP contribution in [0, 0.1) is 5.82 Å². The smallest absolute Gasteiger partial charge is 0.260 e. The highest BCUT2D eigenvalue weighted by Crippen LogP contribution is 2.35. The lowest BCUT2D eigenvalue weighted by molar-refractivity contribution is 0.385. The number of benzene rings is 1. The molecule has 0 saturated carbocycles. The molecule has 4 nitrogen and oxygen atoms in total. The summed E-state index contributed by atoms with van der Waals surface area (Å²) in [5, 5.41) is 0.445. The van der Waals surface area contributed by atoms with Crippen molar-refractivity contribution in [3.63, 3.8) is 0 Å². The molecular formula is C10H9FN2O2S. The van der Waals surface area contributed by atoms with Crippen molar-refractivity contribution in [3.05, 3.63) is 30.4 Å². The zero-order chi connectivity index (χ0) is 11.5. The fourth-order valence-electron chi connectivity index (χ4n) is 1.15. The van der Waals surface area contributed by atoms with E-state index >= 15 is 0 Å². The Labute approximate surface area is 95.6 Å². The van der Waals surface area contributed by atoms with Gasteiger partial charge in [0.1, 0.15) is 6.26 Å². The number of halogens is 1. The predicted molar refractivity (Wildman–Crippen MR) is 58.0 cm³/mol. The number of oxazole rings is 1. The lowest BCUT2D eigenvalue weighted by atomic mass is 10.3. The molecule has 0 saturated heterocycles. The number of aromatic nitrogens is 1. The molecule has 2 N–H and O–H groups in total. The monoisotopic (exact) mass is 240 g/mol. The average Bonchev–Trinajstić information content (AvgIpc) is 2.75. The van der Waals surface area contributed by atoms with E-state index in [4.69, 9.17) is 14.9 Å². The Kier molecular flexibility index (Phi) is 3.00. The second-order valence-corrected chi connectivity index (χ2v) is 3.92. The number of nitrogens with zero attached hydrogens (tertiary/aromatic N) is 1. The van der Waals surface area contributed by atoms with Crippen molar-refractivity contribution in [2.24, 2.45) is 0 Å². The van der Waals surface area contributed by atoms with Gasteiger partial charge in [-0.05, 0) is 17.8 Å². The van der Waals surface area contributed by atoms with E-state index in [2.05, 4.69) is 4.98 Å². The molecule has 0 unspecified atom stereocenters. The van der Waals surface area contributed by atoms with Gasteiger partial charge < -0.3 is 14.9 Å². The zero-order valence-corrected chi connectivity index (χ0v) is 9.25. The quantitative estimate of drug-likeness (QED) is 0.835. The van der Waals surface area contributed by atoms with Crippen LogP contribution in [-0.4, -0.2) is 12.1 Å². The molecule has 0 aliphatic rings. The topological polar surface area (TPSA) is 61.3 Å². The van der Waals surface area contributed by atoms with Crippen molar-refractivity contribution >= 4 is 17.4 Å². The number of anilines is 1. The highest BCUT2D eigenvalue weighted by atomic mass is 32.2. The summed E-state index contributed by atoms with van der Waals surface area (Å²) in [7, 11) is 1.40. The third-order valence-corrected chi connectivity index (χ3v) is 2.84. The first-order chi connectivity index (χ1) is 7.70. The van der Waals surface area contributed by atoms with Crippen molar-refractivity contribution in [2.45, 2.75) is 10.1 Å². The van der Waals surface area contributed by atoms with Crippen molar-refractivity contribution in [1.82, 2.24) is 4.98 Å². The lowest BCUT2D eigenvalue weighted by Crippen LogP contribution is -1.94. The number of nitrogens with two attached hydrogens (primary N) is 1. The van der Waals surface area contributed by atoms with Crippen LogP contribution >= 0.6 is 11.8 Å². The van der Waals surface area contributed by atoms with E-state index in [0.717, 1.165) is 0 Å². The molecule has 6 heteroatoms. The Morgan fingerprint density at radius 2 is 2.31 bits per heavy atom. The molecule has 84 valence electrons. The highest BCUT2D eigenvalue weighted by molar-refractivity contribution is 7.99. The van der Waals surface area contributed by atoms with Crippen molar-refractivity contribution < 1.29 is 13.5 Å². The Morgan fingerprint density at radius 1 is 1.50 bits per heavy atom. The largest absolute Gasteiger partial charge is 0.494 e. The van der Waals surface area contributed by atoms with Crippen LogP contribution in [0.1, 0.15) is 0 Å². The highest BCUT2D eigenvalue weighted by Gasteiger charge is 2.11. The minimum Gasteiger partial charge on any atom is -0.494 e. The number of ether oxygens (including phenoxy) is 1. The van der Waals surface area contributed by atoms with Crippen LogP contribution in [0.25, 0.3) is 0 Å². The molecule has 0 aliphatic carbocycles. The summed E-state index contributed by atoms with van der Waals surface area (Å²) in [4.78, 5) is 4.58. The van der Waals surface area contributed by atoms with Crippen LogP contribution < -0.4 is 10.5 Å². The van der Waals surface area contributed by atoms with Gasteiger partial charge in [-0.25, -0.2) is 9.37 Å². The standard InChI is InChI=1S/C10H9FN2O2S/c1-14-8-5-9(7(12)4-6(8)11)16-10-13-2-3-15-10/h2-5H,12H2,1H3. The van der Waals surface area contributed by atoms with Gasteiger partial charge in [0.05, 0.1) is 13.3 Å². The van der Waals surface area contributed by atoms with Crippen LogP contribution in [0.5, 0.6) is 5.75 Å². The number of hydrogen-bond donors (Lipinski definition) is 1. The van der Waals surface area contributed by atoms with Gasteiger partial charge in [0, 0.05) is 16.6 Å². The van der Waals surface area contributed by atoms with E-state index in [1.54, 1.807) is 0 Å². The van der Waals surface area contributed by atoms with E-state index in [0.29, 0.717) is 15.8 Å². The molecule has 0 amide bonds. The molecule has 1 aromatic heterocycles. The van der Waals surface area contributed by atoms with E-state index in [1.807, 2.05) is 0 Å². The summed E-state index contributed by atoms with van der Waals surface area (Å²) in [6.07, 6.45) is 2.98. The molecule has 1 heterocycles. The molecular weight excluding hydrogens is 231 g/mol. The van der Waals surface area contributed by atoms with E-state index in [1.165, 1.54) is 43.5 Å². The molecule has 2 rings (SSSR count). The molecule has 0 radical (unpaired) electrons. The van der Waals surface area contributed by atoms with Crippen LogP contribution in [0.3, 0.4) is 0 Å². The van der Waals surface area contributed by atoms with Crippen LogP contribution in [0.15, 0.2) is 39.1 Å². The lowest BCUT2D eigenvalue weighted by Gasteiger charge is -2.07. The molecule has 1 aromatic carbocycles. The van der Waals surface area contributed by atoms with Crippen LogP contribution in [-0.2, 0) is 0 Å². The Morgan fingerprint density at radius 3 is 2.94 bits per heavy atom. The van der Waals surface area contributed by atoms with Crippen molar-refractivity contribution in [2.75, 3.05) is 12.8 Å². The van der Waals surface area contributed by atoms with Crippen molar-refractivity contribution in [3.8, 4) is 5.75 Å². The van der Waals surface area contributed by atoms with Gasteiger partial charge in [0.15, 0.2) is 11.6 Å². The van der Waals surface area contributed by atoms with E-state index in [-0.39, 0.29) is 5.75 Å². The fourth-order valence-corrected chi connectivity index (χ4v) is 1.90. The first-order valence-electron chi connectivity index (χ1n) is 4.41. The summed E-state index contributed by atoms with van der Waals surface area (Å²) in [5.74, 6) is -0.347. The van der Waals surface area contributed by atoms with Gasteiger partial charge >= 0.3 is 0 Å². The van der Waals surface area contributed by atoms with Gasteiger partial charge in [-0.1, -0.05) is 0 Å². The predicted octanol–water partition coefficient (Wildman–Crippen LogP) is 2.56. The Bertz CT molecular complexity index is 488. The summed E-state index contributed by atoms with van der Waals surface area (Å²) in [6, 6.07) is 2.73. The zero-order valence-electron chi connectivity index (χ0n) is 8.44.